The van der Waals surface area contributed by atoms with Crippen molar-refractivity contribution in [3.63, 3.8) is 0 Å². The van der Waals surface area contributed by atoms with Gasteiger partial charge in [0.05, 0.1) is 0 Å². The average Bonchev–Trinajstić information content (AvgIpc) is 2.46. The Balaban J connectivity index is 2.29. The standard InChI is InChI=1S/C16H12ClNO2/c1-10-2-7-13-14(18-19)9-15(20-16(13)8-10)11-3-5-12(17)6-4-11/h2-9,19H,1H3. The van der Waals surface area contributed by atoms with E-state index in [2.05, 4.69) is 5.16 Å². The minimum absolute atomic E-state index is 0.483. The van der Waals surface area contributed by atoms with Crippen molar-refractivity contribution in [2.75, 3.05) is 0 Å². The first-order valence-electron chi connectivity index (χ1n) is 6.16. The lowest BCUT2D eigenvalue weighted by atomic mass is 10.1. The molecule has 3 nitrogen and oxygen atoms in total. The number of fused-ring (bicyclic) bond motifs is 1. The third-order valence-electron chi connectivity index (χ3n) is 3.14. The van der Waals surface area contributed by atoms with Crippen molar-refractivity contribution in [2.45, 2.75) is 6.92 Å². The quantitative estimate of drug-likeness (QED) is 0.533. The molecule has 1 aromatic heterocycles. The molecule has 1 heterocycles. The highest BCUT2D eigenvalue weighted by molar-refractivity contribution is 6.30. The van der Waals surface area contributed by atoms with Gasteiger partial charge in [-0.25, -0.2) is 0 Å². The summed E-state index contributed by atoms with van der Waals surface area (Å²) in [7, 11) is 0. The summed E-state index contributed by atoms with van der Waals surface area (Å²) in [5, 5.41) is 14.4. The Bertz CT molecular complexity index is 835. The van der Waals surface area contributed by atoms with Gasteiger partial charge in [-0.1, -0.05) is 22.8 Å². The van der Waals surface area contributed by atoms with E-state index < -0.39 is 0 Å². The number of rotatable bonds is 1. The van der Waals surface area contributed by atoms with Crippen molar-refractivity contribution >= 4 is 22.6 Å². The molecule has 2 aromatic carbocycles. The van der Waals surface area contributed by atoms with Gasteiger partial charge < -0.3 is 9.62 Å². The van der Waals surface area contributed by atoms with Gasteiger partial charge in [-0.3, -0.25) is 0 Å². The molecule has 0 radical (unpaired) electrons. The van der Waals surface area contributed by atoms with Gasteiger partial charge in [0.25, 0.3) is 0 Å². The van der Waals surface area contributed by atoms with E-state index in [0.29, 0.717) is 21.7 Å². The predicted molar refractivity (Wildman–Crippen MR) is 78.7 cm³/mol. The zero-order valence-electron chi connectivity index (χ0n) is 10.8. The maximum Gasteiger partial charge on any atom is 0.137 e. The third kappa shape index (κ3) is 2.28. The molecule has 0 aliphatic heterocycles. The lowest BCUT2D eigenvalue weighted by Crippen LogP contribution is -2.03. The van der Waals surface area contributed by atoms with Crippen LogP contribution in [0.5, 0.6) is 0 Å². The van der Waals surface area contributed by atoms with Crippen molar-refractivity contribution in [2.24, 2.45) is 5.16 Å². The van der Waals surface area contributed by atoms with Crippen molar-refractivity contribution in [1.82, 2.24) is 0 Å². The fraction of sp³-hybridized carbons (Fsp3) is 0.0625. The summed E-state index contributed by atoms with van der Waals surface area (Å²) < 4.78 is 5.90. The van der Waals surface area contributed by atoms with Gasteiger partial charge in [-0.05, 0) is 48.9 Å². The molecule has 0 bridgehead atoms. The Hall–Kier alpha value is -2.26. The van der Waals surface area contributed by atoms with Crippen molar-refractivity contribution < 1.29 is 9.62 Å². The minimum Gasteiger partial charge on any atom is -0.456 e. The molecule has 1 N–H and O–H groups in total. The van der Waals surface area contributed by atoms with E-state index in [9.17, 15) is 5.21 Å². The maximum atomic E-state index is 9.18. The lowest BCUT2D eigenvalue weighted by Gasteiger charge is -2.05. The van der Waals surface area contributed by atoms with Gasteiger partial charge in [0, 0.05) is 22.0 Å². The molecular weight excluding hydrogens is 274 g/mol. The molecule has 0 fully saturated rings. The molecule has 0 atom stereocenters. The largest absolute Gasteiger partial charge is 0.456 e. The monoisotopic (exact) mass is 285 g/mol. The summed E-state index contributed by atoms with van der Waals surface area (Å²) in [5.74, 6) is 0.632. The van der Waals surface area contributed by atoms with Crippen LogP contribution in [0.2, 0.25) is 5.02 Å². The van der Waals surface area contributed by atoms with Gasteiger partial charge in [0.15, 0.2) is 0 Å². The molecule has 0 aliphatic rings. The normalized spacial score (nSPS) is 12.0. The summed E-state index contributed by atoms with van der Waals surface area (Å²) in [4.78, 5) is 0. The lowest BCUT2D eigenvalue weighted by molar-refractivity contribution is 0.302. The first-order valence-corrected chi connectivity index (χ1v) is 6.54. The molecule has 3 rings (SSSR count). The second-order valence-electron chi connectivity index (χ2n) is 4.60. The highest BCUT2D eigenvalue weighted by atomic mass is 35.5. The average molecular weight is 286 g/mol. The highest BCUT2D eigenvalue weighted by Crippen LogP contribution is 2.24. The van der Waals surface area contributed by atoms with E-state index >= 15 is 0 Å². The maximum absolute atomic E-state index is 9.18. The van der Waals surface area contributed by atoms with Crippen LogP contribution in [0, 0.1) is 6.92 Å². The Morgan fingerprint density at radius 2 is 1.80 bits per heavy atom. The topological polar surface area (TPSA) is 45.7 Å². The third-order valence-corrected chi connectivity index (χ3v) is 3.39. The molecule has 3 aromatic rings. The Morgan fingerprint density at radius 3 is 2.50 bits per heavy atom. The zero-order chi connectivity index (χ0) is 14.1. The molecule has 0 aliphatic carbocycles. The fourth-order valence-corrected chi connectivity index (χ4v) is 2.24. The van der Waals surface area contributed by atoms with Gasteiger partial charge in [-0.2, -0.15) is 0 Å². The molecule has 0 amide bonds. The summed E-state index contributed by atoms with van der Waals surface area (Å²) >= 11 is 5.88. The van der Waals surface area contributed by atoms with E-state index in [1.165, 1.54) is 0 Å². The molecular formula is C16H12ClNO2. The van der Waals surface area contributed by atoms with E-state index in [4.69, 9.17) is 16.0 Å². The first-order chi connectivity index (χ1) is 9.67. The Kier molecular flexibility index (Phi) is 3.20. The summed E-state index contributed by atoms with van der Waals surface area (Å²) in [6.45, 7) is 1.99. The zero-order valence-corrected chi connectivity index (χ0v) is 11.6. The smallest absolute Gasteiger partial charge is 0.137 e. The number of hydrogen-bond donors (Lipinski definition) is 1. The molecule has 0 unspecified atom stereocenters. The second kappa shape index (κ2) is 5.02. The van der Waals surface area contributed by atoms with E-state index in [1.54, 1.807) is 18.2 Å². The van der Waals surface area contributed by atoms with Crippen molar-refractivity contribution in [3.8, 4) is 11.3 Å². The second-order valence-corrected chi connectivity index (χ2v) is 5.04. The van der Waals surface area contributed by atoms with Gasteiger partial charge in [-0.15, -0.1) is 0 Å². The van der Waals surface area contributed by atoms with E-state index in [1.807, 2.05) is 37.3 Å². The number of nitrogens with zero attached hydrogens (tertiary/aromatic N) is 1. The van der Waals surface area contributed by atoms with E-state index in [0.717, 1.165) is 16.5 Å². The van der Waals surface area contributed by atoms with Crippen LogP contribution in [0.25, 0.3) is 22.3 Å². The van der Waals surface area contributed by atoms with Crippen LogP contribution < -0.4 is 5.36 Å². The molecule has 4 heteroatoms. The first kappa shape index (κ1) is 12.8. The van der Waals surface area contributed by atoms with Crippen LogP contribution >= 0.6 is 11.6 Å². The Labute approximate surface area is 120 Å². The predicted octanol–water partition coefficient (Wildman–Crippen LogP) is 4.35. The van der Waals surface area contributed by atoms with Crippen molar-refractivity contribution in [1.29, 1.82) is 0 Å². The SMILES string of the molecule is Cc1ccc2c(=NO)cc(-c3ccc(Cl)cc3)oc2c1. The summed E-state index contributed by atoms with van der Waals surface area (Å²) in [6.07, 6.45) is 0. The fourth-order valence-electron chi connectivity index (χ4n) is 2.11. The molecule has 100 valence electrons. The summed E-state index contributed by atoms with van der Waals surface area (Å²) in [5.41, 5.74) is 2.64. The van der Waals surface area contributed by atoms with Crippen LogP contribution in [0.4, 0.5) is 0 Å². The van der Waals surface area contributed by atoms with Crippen LogP contribution in [-0.4, -0.2) is 5.21 Å². The summed E-state index contributed by atoms with van der Waals surface area (Å²) in [6, 6.07) is 14.8. The van der Waals surface area contributed by atoms with Crippen LogP contribution in [0.3, 0.4) is 0 Å². The molecule has 0 saturated heterocycles. The van der Waals surface area contributed by atoms with Gasteiger partial charge >= 0.3 is 0 Å². The molecule has 20 heavy (non-hydrogen) atoms. The van der Waals surface area contributed by atoms with Gasteiger partial charge in [0.1, 0.15) is 16.7 Å². The number of halogens is 1. The number of aryl methyl sites for hydroxylation is 1. The number of benzene rings is 2. The van der Waals surface area contributed by atoms with Gasteiger partial charge in [0.2, 0.25) is 0 Å². The Morgan fingerprint density at radius 1 is 1.05 bits per heavy atom. The van der Waals surface area contributed by atoms with Crippen LogP contribution in [-0.2, 0) is 0 Å². The van der Waals surface area contributed by atoms with Crippen LogP contribution in [0.1, 0.15) is 5.56 Å². The molecule has 0 spiro atoms. The minimum atomic E-state index is 0.483. The number of hydrogen-bond acceptors (Lipinski definition) is 3. The van der Waals surface area contributed by atoms with Crippen LogP contribution in [0.15, 0.2) is 58.1 Å². The highest BCUT2D eigenvalue weighted by Gasteiger charge is 2.06. The molecule has 0 saturated carbocycles. The van der Waals surface area contributed by atoms with E-state index in [-0.39, 0.29) is 0 Å². The van der Waals surface area contributed by atoms with Crippen molar-refractivity contribution in [3.05, 3.63) is 64.5 Å².